The topological polar surface area (TPSA) is 46.2 Å². The number of carbonyl (C=O) groups excluding carboxylic acids is 2. The molecule has 114 valence electrons. The Morgan fingerprint density at radius 2 is 1.95 bits per heavy atom. The van der Waals surface area contributed by atoms with E-state index in [4.69, 9.17) is 23.2 Å². The summed E-state index contributed by atoms with van der Waals surface area (Å²) >= 11 is 13.4. The van der Waals surface area contributed by atoms with Crippen LogP contribution in [0.3, 0.4) is 0 Å². The Morgan fingerprint density at radius 1 is 1.18 bits per heavy atom. The van der Waals surface area contributed by atoms with Crippen LogP contribution < -0.4 is 5.32 Å². The van der Waals surface area contributed by atoms with E-state index in [1.54, 1.807) is 12.1 Å². The molecule has 0 saturated heterocycles. The molecule has 0 aliphatic carbocycles. The maximum Gasteiger partial charge on any atom is 0.207 e. The number of rotatable bonds is 6. The van der Waals surface area contributed by atoms with E-state index in [9.17, 15) is 14.0 Å². The number of nitrogens with one attached hydrogen (secondary N) is 1. The van der Waals surface area contributed by atoms with Crippen molar-refractivity contribution < 1.29 is 14.0 Å². The van der Waals surface area contributed by atoms with E-state index in [1.165, 1.54) is 23.9 Å². The zero-order chi connectivity index (χ0) is 16.1. The number of amides is 1. The summed E-state index contributed by atoms with van der Waals surface area (Å²) in [4.78, 5) is 22.8. The first kappa shape index (κ1) is 16.8. The van der Waals surface area contributed by atoms with Crippen LogP contribution in [0.25, 0.3) is 0 Å². The van der Waals surface area contributed by atoms with Crippen LogP contribution in [0.1, 0.15) is 15.9 Å². The van der Waals surface area contributed by atoms with Crippen molar-refractivity contribution in [2.45, 2.75) is 16.3 Å². The lowest BCUT2D eigenvalue weighted by molar-refractivity contribution is -0.109. The van der Waals surface area contributed by atoms with Crippen LogP contribution in [-0.2, 0) is 11.3 Å². The van der Waals surface area contributed by atoms with E-state index in [-0.39, 0.29) is 12.1 Å². The highest BCUT2D eigenvalue weighted by molar-refractivity contribution is 7.99. The van der Waals surface area contributed by atoms with Crippen LogP contribution in [0.2, 0.25) is 10.0 Å². The van der Waals surface area contributed by atoms with Gasteiger partial charge in [-0.15, -0.1) is 0 Å². The lowest BCUT2D eigenvalue weighted by Crippen LogP contribution is -2.10. The summed E-state index contributed by atoms with van der Waals surface area (Å²) in [5.74, 6) is -0.489. The predicted octanol–water partition coefficient (Wildman–Crippen LogP) is 4.34. The minimum Gasteiger partial charge on any atom is -0.355 e. The molecule has 0 unspecified atom stereocenters. The molecule has 0 aliphatic heterocycles. The fraction of sp³-hybridized carbons (Fsp3) is 0.0667. The molecule has 0 atom stereocenters. The molecular formula is C15H10Cl2FNO2S. The predicted molar refractivity (Wildman–Crippen MR) is 85.3 cm³/mol. The smallest absolute Gasteiger partial charge is 0.207 e. The molecule has 0 bridgehead atoms. The van der Waals surface area contributed by atoms with E-state index in [2.05, 4.69) is 5.32 Å². The molecule has 7 heteroatoms. The molecule has 2 aromatic carbocycles. The first-order valence-corrected chi connectivity index (χ1v) is 7.70. The van der Waals surface area contributed by atoms with Crippen LogP contribution in [0.5, 0.6) is 0 Å². The van der Waals surface area contributed by atoms with Crippen molar-refractivity contribution in [1.29, 1.82) is 0 Å². The van der Waals surface area contributed by atoms with Crippen molar-refractivity contribution in [3.05, 3.63) is 57.3 Å². The Labute approximate surface area is 140 Å². The summed E-state index contributed by atoms with van der Waals surface area (Å²) in [6, 6.07) is 7.17. The Morgan fingerprint density at radius 3 is 2.64 bits per heavy atom. The molecule has 3 nitrogen and oxygen atoms in total. The average Bonchev–Trinajstić information content (AvgIpc) is 2.49. The van der Waals surface area contributed by atoms with Crippen LogP contribution in [0, 0.1) is 5.82 Å². The quantitative estimate of drug-likeness (QED) is 0.782. The zero-order valence-corrected chi connectivity index (χ0v) is 13.4. The lowest BCUT2D eigenvalue weighted by Gasteiger charge is -2.13. The van der Waals surface area contributed by atoms with Gasteiger partial charge in [0.1, 0.15) is 5.82 Å². The van der Waals surface area contributed by atoms with E-state index < -0.39 is 5.82 Å². The molecule has 22 heavy (non-hydrogen) atoms. The van der Waals surface area contributed by atoms with Crippen molar-refractivity contribution >= 4 is 47.7 Å². The Balaban J connectivity index is 2.44. The third-order valence-corrected chi connectivity index (χ3v) is 4.68. The van der Waals surface area contributed by atoms with E-state index in [0.717, 1.165) is 6.07 Å². The van der Waals surface area contributed by atoms with Crippen LogP contribution in [-0.4, -0.2) is 12.7 Å². The Bertz CT molecular complexity index is 725. The third-order valence-electron chi connectivity index (χ3n) is 2.77. The summed E-state index contributed by atoms with van der Waals surface area (Å²) in [6.07, 6.45) is 1.15. The third kappa shape index (κ3) is 4.00. The van der Waals surface area contributed by atoms with Gasteiger partial charge in [-0.2, -0.15) is 0 Å². The van der Waals surface area contributed by atoms with Crippen LogP contribution in [0.15, 0.2) is 40.1 Å². The zero-order valence-electron chi connectivity index (χ0n) is 11.1. The number of hydrogen-bond acceptors (Lipinski definition) is 3. The van der Waals surface area contributed by atoms with Gasteiger partial charge in [0, 0.05) is 26.9 Å². The molecule has 2 aromatic rings. The second-order valence-corrected chi connectivity index (χ2v) is 6.17. The van der Waals surface area contributed by atoms with Crippen molar-refractivity contribution in [3.63, 3.8) is 0 Å². The highest BCUT2D eigenvalue weighted by Gasteiger charge is 2.13. The summed E-state index contributed by atoms with van der Waals surface area (Å²) in [5.41, 5.74) is 0.932. The van der Waals surface area contributed by atoms with E-state index in [0.29, 0.717) is 38.1 Å². The van der Waals surface area contributed by atoms with Crippen molar-refractivity contribution in [1.82, 2.24) is 5.32 Å². The summed E-state index contributed by atoms with van der Waals surface area (Å²) in [5, 5.41) is 3.37. The Kier molecular flexibility index (Phi) is 5.83. The van der Waals surface area contributed by atoms with Crippen LogP contribution >= 0.6 is 35.0 Å². The second kappa shape index (κ2) is 7.63. The molecule has 2 rings (SSSR count). The molecule has 1 N–H and O–H groups in total. The van der Waals surface area contributed by atoms with Gasteiger partial charge in [0.25, 0.3) is 0 Å². The molecular weight excluding hydrogens is 348 g/mol. The molecule has 0 saturated carbocycles. The SMILES string of the molecule is O=CNCc1cc(Cl)cc(Cl)c1Sc1ccc(F)cc1C=O. The van der Waals surface area contributed by atoms with E-state index in [1.807, 2.05) is 0 Å². The van der Waals surface area contributed by atoms with Gasteiger partial charge in [-0.3, -0.25) is 9.59 Å². The minimum absolute atomic E-state index is 0.227. The average molecular weight is 358 g/mol. The van der Waals surface area contributed by atoms with Crippen molar-refractivity contribution in [2.24, 2.45) is 0 Å². The number of hydrogen-bond donors (Lipinski definition) is 1. The minimum atomic E-state index is -0.489. The van der Waals surface area contributed by atoms with Gasteiger partial charge in [-0.1, -0.05) is 35.0 Å². The number of benzene rings is 2. The largest absolute Gasteiger partial charge is 0.355 e. The maximum atomic E-state index is 13.2. The summed E-state index contributed by atoms with van der Waals surface area (Å²) in [7, 11) is 0. The van der Waals surface area contributed by atoms with Gasteiger partial charge in [0.15, 0.2) is 6.29 Å². The summed E-state index contributed by atoms with van der Waals surface area (Å²) in [6.45, 7) is 0.240. The van der Waals surface area contributed by atoms with Crippen molar-refractivity contribution in [3.8, 4) is 0 Å². The number of carbonyl (C=O) groups is 2. The number of aldehydes is 1. The Hall–Kier alpha value is -1.56. The molecule has 0 aromatic heterocycles. The van der Waals surface area contributed by atoms with Gasteiger partial charge in [0.05, 0.1) is 5.02 Å². The molecule has 0 fully saturated rings. The fourth-order valence-electron chi connectivity index (χ4n) is 1.83. The fourth-order valence-corrected chi connectivity index (χ4v) is 3.48. The molecule has 1 amide bonds. The molecule has 0 spiro atoms. The highest BCUT2D eigenvalue weighted by Crippen LogP contribution is 2.39. The first-order valence-electron chi connectivity index (χ1n) is 6.12. The second-order valence-electron chi connectivity index (χ2n) is 4.28. The lowest BCUT2D eigenvalue weighted by atomic mass is 10.2. The number of halogens is 3. The monoisotopic (exact) mass is 357 g/mol. The standard InChI is InChI=1S/C15H10Cl2FNO2S/c16-11-3-9(6-19-8-21)15(13(17)5-11)22-14-2-1-12(18)4-10(14)7-20/h1-5,7-8H,6H2,(H,19,21). The molecule has 0 radical (unpaired) electrons. The van der Waals surface area contributed by atoms with Gasteiger partial charge in [-0.25, -0.2) is 4.39 Å². The molecule has 0 aliphatic rings. The first-order chi connectivity index (χ1) is 10.5. The van der Waals surface area contributed by atoms with Crippen LogP contribution in [0.4, 0.5) is 4.39 Å². The van der Waals surface area contributed by atoms with E-state index >= 15 is 0 Å². The molecule has 0 heterocycles. The van der Waals surface area contributed by atoms with Gasteiger partial charge >= 0.3 is 0 Å². The van der Waals surface area contributed by atoms with Gasteiger partial charge < -0.3 is 5.32 Å². The van der Waals surface area contributed by atoms with Gasteiger partial charge in [-0.05, 0) is 35.9 Å². The highest BCUT2D eigenvalue weighted by atomic mass is 35.5. The summed E-state index contributed by atoms with van der Waals surface area (Å²) < 4.78 is 13.2. The normalized spacial score (nSPS) is 10.3. The maximum absolute atomic E-state index is 13.2. The van der Waals surface area contributed by atoms with Gasteiger partial charge in [0.2, 0.25) is 6.41 Å². The van der Waals surface area contributed by atoms with Crippen molar-refractivity contribution in [2.75, 3.05) is 0 Å².